The van der Waals surface area contributed by atoms with Crippen molar-refractivity contribution in [1.82, 2.24) is 25.6 Å². The number of nitrogens with zero attached hydrogens (tertiary/aromatic N) is 3. The summed E-state index contributed by atoms with van der Waals surface area (Å²) in [6, 6.07) is 9.55. The van der Waals surface area contributed by atoms with Crippen LogP contribution in [0.15, 0.2) is 41.9 Å². The Kier molecular flexibility index (Phi) is 4.34. The Morgan fingerprint density at radius 3 is 2.75 bits per heavy atom. The smallest absolute Gasteiger partial charge is 0.261 e. The second kappa shape index (κ2) is 7.25. The molecule has 0 radical (unpaired) electrons. The van der Waals surface area contributed by atoms with Crippen molar-refractivity contribution in [2.24, 2.45) is 0 Å². The summed E-state index contributed by atoms with van der Waals surface area (Å²) in [6.07, 6.45) is 4.00. The van der Waals surface area contributed by atoms with Crippen molar-refractivity contribution < 1.29 is 9.59 Å². The number of hydrogen-bond acceptors (Lipinski definition) is 7. The number of aromatic nitrogens is 3. The fourth-order valence-electron chi connectivity index (χ4n) is 4.54. The highest BCUT2D eigenvalue weighted by atomic mass is 32.1. The van der Waals surface area contributed by atoms with Gasteiger partial charge in [-0.2, -0.15) is 0 Å². The van der Waals surface area contributed by atoms with E-state index in [0.717, 1.165) is 40.5 Å². The maximum absolute atomic E-state index is 13.1. The molecule has 0 aliphatic carbocycles. The number of carbonyl (C=O) groups excluding carboxylic acids is 2. The molecule has 3 aromatic heterocycles. The summed E-state index contributed by atoms with van der Waals surface area (Å²) < 4.78 is 0. The van der Waals surface area contributed by atoms with Crippen LogP contribution < -0.4 is 15.5 Å². The van der Waals surface area contributed by atoms with Gasteiger partial charge in [-0.05, 0) is 36.9 Å². The third-order valence-corrected chi connectivity index (χ3v) is 6.99. The molecule has 1 saturated heterocycles. The van der Waals surface area contributed by atoms with Crippen LogP contribution in [0.3, 0.4) is 0 Å². The topological polar surface area (TPSA) is 103 Å². The van der Waals surface area contributed by atoms with Gasteiger partial charge in [0.15, 0.2) is 0 Å². The monoisotopic (exact) mass is 444 g/mol. The number of fused-ring (bicyclic) bond motifs is 2. The van der Waals surface area contributed by atoms with Crippen LogP contribution in [0.25, 0.3) is 32.3 Å². The number of imide groups is 1. The van der Waals surface area contributed by atoms with E-state index in [1.807, 2.05) is 47.7 Å². The van der Waals surface area contributed by atoms with Crippen molar-refractivity contribution in [2.45, 2.75) is 19.0 Å². The van der Waals surface area contributed by atoms with E-state index in [-0.39, 0.29) is 11.7 Å². The summed E-state index contributed by atoms with van der Waals surface area (Å²) in [5.74, 6) is -0.329. The number of amides is 2. The van der Waals surface area contributed by atoms with Gasteiger partial charge in [0.05, 0.1) is 28.5 Å². The van der Waals surface area contributed by atoms with Gasteiger partial charge in [-0.25, -0.2) is 9.97 Å². The minimum absolute atomic E-state index is 0.131. The number of para-hydroxylation sites is 1. The number of rotatable bonds is 4. The molecule has 160 valence electrons. The van der Waals surface area contributed by atoms with E-state index in [4.69, 9.17) is 9.97 Å². The molecule has 4 aromatic rings. The van der Waals surface area contributed by atoms with E-state index in [1.165, 1.54) is 0 Å². The molecule has 8 nitrogen and oxygen atoms in total. The highest BCUT2D eigenvalue weighted by Gasteiger charge is 2.36. The summed E-state index contributed by atoms with van der Waals surface area (Å²) in [7, 11) is 1.95. The molecule has 0 spiro atoms. The maximum atomic E-state index is 13.1. The van der Waals surface area contributed by atoms with Crippen LogP contribution in [0, 0.1) is 0 Å². The molecule has 5 heterocycles. The lowest BCUT2D eigenvalue weighted by molar-refractivity contribution is -0.122. The molecule has 2 amide bonds. The fourth-order valence-corrected chi connectivity index (χ4v) is 5.31. The summed E-state index contributed by atoms with van der Waals surface area (Å²) in [5.41, 5.74) is 2.53. The number of nitrogens with one attached hydrogen (secondary N) is 3. The number of benzene rings is 1. The van der Waals surface area contributed by atoms with E-state index in [2.05, 4.69) is 15.6 Å². The molecule has 3 N–H and O–H groups in total. The van der Waals surface area contributed by atoms with Crippen molar-refractivity contribution in [3.05, 3.63) is 53.2 Å². The highest BCUT2D eigenvalue weighted by Crippen LogP contribution is 2.38. The van der Waals surface area contributed by atoms with E-state index in [9.17, 15) is 9.59 Å². The number of carbonyl (C=O) groups is 2. The lowest BCUT2D eigenvalue weighted by Gasteiger charge is -2.25. The van der Waals surface area contributed by atoms with Crippen LogP contribution in [0.1, 0.15) is 24.1 Å². The summed E-state index contributed by atoms with van der Waals surface area (Å²) in [5, 5.41) is 9.54. The number of aromatic amines is 1. The summed E-state index contributed by atoms with van der Waals surface area (Å²) in [4.78, 5) is 41.8. The molecule has 1 unspecified atom stereocenters. The van der Waals surface area contributed by atoms with Crippen LogP contribution in [-0.2, 0) is 9.59 Å². The van der Waals surface area contributed by atoms with E-state index >= 15 is 0 Å². The Hall–Kier alpha value is -3.56. The zero-order valence-corrected chi connectivity index (χ0v) is 18.1. The van der Waals surface area contributed by atoms with E-state index in [0.29, 0.717) is 22.8 Å². The van der Waals surface area contributed by atoms with Crippen LogP contribution in [0.5, 0.6) is 0 Å². The maximum Gasteiger partial charge on any atom is 0.261 e. The van der Waals surface area contributed by atoms with Gasteiger partial charge in [0, 0.05) is 29.6 Å². The van der Waals surface area contributed by atoms with Crippen LogP contribution in [0.4, 0.5) is 5.95 Å². The first-order valence-corrected chi connectivity index (χ1v) is 11.4. The quantitative estimate of drug-likeness (QED) is 0.418. The van der Waals surface area contributed by atoms with Crippen LogP contribution in [-0.4, -0.2) is 46.5 Å². The van der Waals surface area contributed by atoms with Crippen molar-refractivity contribution in [1.29, 1.82) is 0 Å². The molecule has 32 heavy (non-hydrogen) atoms. The molecule has 0 saturated carbocycles. The zero-order chi connectivity index (χ0) is 21.8. The molecule has 1 fully saturated rings. The molecule has 1 aromatic carbocycles. The standard InChI is InChI=1S/C23H20N6O2S/c1-29(16-7-4-9-24-16)23-26-15-6-3-2-5-13(15)19(27-23)18-17(20(30)28-21(18)31)14-11-25-22-12(14)8-10-32-22/h2-3,5-6,8,10-11,16,24-25H,4,7,9H2,1H3,(H,28,30,31). The van der Waals surface area contributed by atoms with E-state index in [1.54, 1.807) is 17.5 Å². The number of thiophene rings is 1. The van der Waals surface area contributed by atoms with Crippen LogP contribution >= 0.6 is 11.3 Å². The average molecular weight is 445 g/mol. The van der Waals surface area contributed by atoms with Crippen molar-refractivity contribution in [3.63, 3.8) is 0 Å². The lowest BCUT2D eigenvalue weighted by atomic mass is 9.97. The van der Waals surface area contributed by atoms with Crippen molar-refractivity contribution in [3.8, 4) is 0 Å². The van der Waals surface area contributed by atoms with Gasteiger partial charge >= 0.3 is 0 Å². The van der Waals surface area contributed by atoms with Crippen LogP contribution in [0.2, 0.25) is 0 Å². The van der Waals surface area contributed by atoms with Gasteiger partial charge in [-0.15, -0.1) is 11.3 Å². The average Bonchev–Trinajstić information content (AvgIpc) is 3.58. The Bertz CT molecular complexity index is 1430. The molecule has 2 aliphatic heterocycles. The van der Waals surface area contributed by atoms with E-state index < -0.39 is 11.8 Å². The predicted molar refractivity (Wildman–Crippen MR) is 125 cm³/mol. The molecule has 1 atom stereocenters. The minimum atomic E-state index is -0.439. The second-order valence-corrected chi connectivity index (χ2v) is 8.93. The third-order valence-electron chi connectivity index (χ3n) is 6.15. The molecule has 2 aliphatic rings. The number of H-pyrrole nitrogens is 1. The van der Waals surface area contributed by atoms with Gasteiger partial charge in [-0.3, -0.25) is 20.2 Å². The van der Waals surface area contributed by atoms with Crippen molar-refractivity contribution in [2.75, 3.05) is 18.5 Å². The van der Waals surface area contributed by atoms with Gasteiger partial charge < -0.3 is 9.88 Å². The second-order valence-electron chi connectivity index (χ2n) is 8.01. The van der Waals surface area contributed by atoms with Gasteiger partial charge in [0.1, 0.15) is 4.83 Å². The first kappa shape index (κ1) is 19.1. The fraction of sp³-hybridized carbons (Fsp3) is 0.217. The molecule has 0 bridgehead atoms. The summed E-state index contributed by atoms with van der Waals surface area (Å²) in [6.45, 7) is 0.950. The predicted octanol–water partition coefficient (Wildman–Crippen LogP) is 2.89. The third kappa shape index (κ3) is 2.85. The SMILES string of the molecule is CN(c1nc(C2=C(c3c[nH]c4sccc34)C(=O)NC2=O)c2ccccc2n1)C1CCCN1. The van der Waals surface area contributed by atoms with Crippen molar-refractivity contribution >= 4 is 61.4 Å². The number of anilines is 1. The number of hydrogen-bond donors (Lipinski definition) is 3. The van der Waals surface area contributed by atoms with Gasteiger partial charge in [0.25, 0.3) is 11.8 Å². The van der Waals surface area contributed by atoms with Gasteiger partial charge in [0.2, 0.25) is 5.95 Å². The normalized spacial score (nSPS) is 18.8. The highest BCUT2D eigenvalue weighted by molar-refractivity contribution is 7.16. The largest absolute Gasteiger partial charge is 0.352 e. The zero-order valence-electron chi connectivity index (χ0n) is 17.3. The molecule has 9 heteroatoms. The summed E-state index contributed by atoms with van der Waals surface area (Å²) >= 11 is 1.55. The first-order valence-electron chi connectivity index (χ1n) is 10.5. The molecule has 6 rings (SSSR count). The Morgan fingerprint density at radius 1 is 1.06 bits per heavy atom. The Balaban J connectivity index is 1.61. The van der Waals surface area contributed by atoms with Gasteiger partial charge in [-0.1, -0.05) is 18.2 Å². The minimum Gasteiger partial charge on any atom is -0.352 e. The first-order chi connectivity index (χ1) is 15.6. The Labute approximate surface area is 187 Å². The Morgan fingerprint density at radius 2 is 1.91 bits per heavy atom. The lowest BCUT2D eigenvalue weighted by Crippen LogP contribution is -2.40. The molecular formula is C23H20N6O2S. The molecular weight excluding hydrogens is 424 g/mol.